The zero-order valence-electron chi connectivity index (χ0n) is 8.12. The number of aliphatic hydroxyl groups is 2. The number of rotatable bonds is 7. The zero-order valence-corrected chi connectivity index (χ0v) is 8.12. The molecule has 0 rings (SSSR count). The summed E-state index contributed by atoms with van der Waals surface area (Å²) < 4.78 is 0. The van der Waals surface area contributed by atoms with Crippen LogP contribution in [0.15, 0.2) is 0 Å². The van der Waals surface area contributed by atoms with Crippen LogP contribution in [-0.4, -0.2) is 35.4 Å². The number of hydrogen-bond acceptors (Lipinski definition) is 3. The predicted octanol–water partition coefficient (Wildman–Crippen LogP) is 0.0361. The molecule has 4 nitrogen and oxygen atoms in total. The Morgan fingerprint density at radius 1 is 1.31 bits per heavy atom. The Balaban J connectivity index is 3.38. The van der Waals surface area contributed by atoms with E-state index < -0.39 is 0 Å². The van der Waals surface area contributed by atoms with Crippen molar-refractivity contribution >= 4 is 5.91 Å². The van der Waals surface area contributed by atoms with Gasteiger partial charge in [0, 0.05) is 25.7 Å². The maximum atomic E-state index is 11.1. The predicted molar refractivity (Wildman–Crippen MR) is 50.2 cm³/mol. The Kier molecular flexibility index (Phi) is 7.63. The van der Waals surface area contributed by atoms with E-state index in [0.717, 1.165) is 0 Å². The summed E-state index contributed by atoms with van der Waals surface area (Å²) in [5.41, 5.74) is 0. The highest BCUT2D eigenvalue weighted by atomic mass is 16.3. The number of nitrogens with one attached hydrogen (secondary N) is 1. The molecule has 1 amide bonds. The number of amides is 1. The Labute approximate surface area is 79.0 Å². The molecule has 3 N–H and O–H groups in total. The summed E-state index contributed by atoms with van der Waals surface area (Å²) >= 11 is 0. The molecule has 0 bridgehead atoms. The molecule has 0 radical (unpaired) electrons. The summed E-state index contributed by atoms with van der Waals surface area (Å²) in [7, 11) is 0. The molecule has 0 aliphatic carbocycles. The van der Waals surface area contributed by atoms with Gasteiger partial charge in [0.1, 0.15) is 0 Å². The van der Waals surface area contributed by atoms with Gasteiger partial charge in [0.25, 0.3) is 0 Å². The summed E-state index contributed by atoms with van der Waals surface area (Å²) in [4.78, 5) is 11.1. The molecule has 0 heterocycles. The maximum Gasteiger partial charge on any atom is 0.220 e. The molecule has 0 aliphatic heterocycles. The van der Waals surface area contributed by atoms with Crippen LogP contribution in [0.4, 0.5) is 0 Å². The van der Waals surface area contributed by atoms with Gasteiger partial charge in [-0.2, -0.15) is 0 Å². The van der Waals surface area contributed by atoms with Gasteiger partial charge < -0.3 is 15.5 Å². The van der Waals surface area contributed by atoms with Crippen molar-refractivity contribution in [2.45, 2.75) is 38.6 Å². The summed E-state index contributed by atoms with van der Waals surface area (Å²) in [6.45, 7) is 2.09. The van der Waals surface area contributed by atoms with Gasteiger partial charge in [-0.15, -0.1) is 0 Å². The topological polar surface area (TPSA) is 69.6 Å². The first kappa shape index (κ1) is 12.4. The van der Waals surface area contributed by atoms with Crippen molar-refractivity contribution < 1.29 is 15.0 Å². The fraction of sp³-hybridized carbons (Fsp3) is 0.889. The fourth-order valence-corrected chi connectivity index (χ4v) is 1.01. The molecule has 0 aromatic heterocycles. The van der Waals surface area contributed by atoms with Crippen LogP contribution in [0.25, 0.3) is 0 Å². The lowest BCUT2D eigenvalue weighted by Gasteiger charge is -2.11. The molecule has 0 aliphatic rings. The minimum atomic E-state index is -0.00519. The van der Waals surface area contributed by atoms with Gasteiger partial charge >= 0.3 is 0 Å². The second-order valence-corrected chi connectivity index (χ2v) is 3.16. The average molecular weight is 189 g/mol. The zero-order chi connectivity index (χ0) is 10.1. The Morgan fingerprint density at radius 3 is 2.54 bits per heavy atom. The highest BCUT2D eigenvalue weighted by molar-refractivity contribution is 5.76. The molecule has 1 unspecified atom stereocenters. The lowest BCUT2D eigenvalue weighted by atomic mass is 10.2. The third kappa shape index (κ3) is 7.74. The molecule has 0 fully saturated rings. The van der Waals surface area contributed by atoms with Gasteiger partial charge in [0.2, 0.25) is 5.91 Å². The molecule has 4 heteroatoms. The number of unbranched alkanes of at least 4 members (excludes halogenated alkanes) is 1. The molecule has 0 aromatic rings. The Morgan fingerprint density at radius 2 is 2.00 bits per heavy atom. The molecular weight excluding hydrogens is 170 g/mol. The van der Waals surface area contributed by atoms with Crippen LogP contribution in [0.3, 0.4) is 0 Å². The van der Waals surface area contributed by atoms with E-state index >= 15 is 0 Å². The Bertz CT molecular complexity index is 139. The van der Waals surface area contributed by atoms with Crippen molar-refractivity contribution in [2.24, 2.45) is 0 Å². The number of carbonyl (C=O) groups excluding carboxylic acids is 1. The van der Waals surface area contributed by atoms with Crippen LogP contribution in [0, 0.1) is 0 Å². The van der Waals surface area contributed by atoms with E-state index in [9.17, 15) is 4.79 Å². The number of carbonyl (C=O) groups is 1. The smallest absolute Gasteiger partial charge is 0.220 e. The molecule has 0 saturated carbocycles. The molecule has 78 valence electrons. The average Bonchev–Trinajstić information content (AvgIpc) is 2.05. The second-order valence-electron chi connectivity index (χ2n) is 3.16. The lowest BCUT2D eigenvalue weighted by Crippen LogP contribution is -2.32. The van der Waals surface area contributed by atoms with Crippen LogP contribution in [0.1, 0.15) is 32.6 Å². The Hall–Kier alpha value is -0.610. The van der Waals surface area contributed by atoms with Crippen LogP contribution in [0.2, 0.25) is 0 Å². The molecule has 13 heavy (non-hydrogen) atoms. The minimum Gasteiger partial charge on any atom is -0.396 e. The van der Waals surface area contributed by atoms with Gasteiger partial charge in [-0.05, 0) is 26.2 Å². The largest absolute Gasteiger partial charge is 0.396 e. The first-order valence-electron chi connectivity index (χ1n) is 4.71. The first-order chi connectivity index (χ1) is 6.20. The van der Waals surface area contributed by atoms with Crippen molar-refractivity contribution in [1.82, 2.24) is 5.32 Å². The normalized spacial score (nSPS) is 12.5. The SMILES string of the molecule is CC(CCO)NC(=O)CCCCO. The second kappa shape index (κ2) is 8.01. The van der Waals surface area contributed by atoms with Crippen LogP contribution in [-0.2, 0) is 4.79 Å². The van der Waals surface area contributed by atoms with Gasteiger partial charge in [-0.25, -0.2) is 0 Å². The third-order valence-corrected chi connectivity index (χ3v) is 1.78. The molecule has 0 saturated heterocycles. The van der Waals surface area contributed by atoms with Crippen LogP contribution >= 0.6 is 0 Å². The highest BCUT2D eigenvalue weighted by Gasteiger charge is 2.05. The molecule has 0 spiro atoms. The van der Waals surface area contributed by atoms with Crippen molar-refractivity contribution in [3.8, 4) is 0 Å². The summed E-state index contributed by atoms with van der Waals surface area (Å²) in [6.07, 6.45) is 2.43. The van der Waals surface area contributed by atoms with E-state index in [1.807, 2.05) is 6.92 Å². The molecular formula is C9H19NO3. The van der Waals surface area contributed by atoms with Crippen LogP contribution < -0.4 is 5.32 Å². The first-order valence-corrected chi connectivity index (χ1v) is 4.71. The van der Waals surface area contributed by atoms with Crippen molar-refractivity contribution in [3.63, 3.8) is 0 Å². The monoisotopic (exact) mass is 189 g/mol. The summed E-state index contributed by atoms with van der Waals surface area (Å²) in [6, 6.07) is 0.0339. The van der Waals surface area contributed by atoms with E-state index in [0.29, 0.717) is 25.7 Å². The van der Waals surface area contributed by atoms with Crippen molar-refractivity contribution in [2.75, 3.05) is 13.2 Å². The fourth-order valence-electron chi connectivity index (χ4n) is 1.01. The number of aliphatic hydroxyl groups excluding tert-OH is 2. The summed E-state index contributed by atoms with van der Waals surface area (Å²) in [5.74, 6) is -0.00519. The minimum absolute atomic E-state index is 0.00519. The lowest BCUT2D eigenvalue weighted by molar-refractivity contribution is -0.121. The third-order valence-electron chi connectivity index (χ3n) is 1.78. The summed E-state index contributed by atoms with van der Waals surface area (Å²) in [5, 5.41) is 19.8. The van der Waals surface area contributed by atoms with Gasteiger partial charge in [0.05, 0.1) is 0 Å². The standard InChI is InChI=1S/C9H19NO3/c1-8(5-7-12)10-9(13)4-2-3-6-11/h8,11-12H,2-7H2,1H3,(H,10,13). The van der Waals surface area contributed by atoms with Gasteiger partial charge in [-0.1, -0.05) is 0 Å². The van der Waals surface area contributed by atoms with E-state index in [1.54, 1.807) is 0 Å². The number of hydrogen-bond donors (Lipinski definition) is 3. The maximum absolute atomic E-state index is 11.1. The highest BCUT2D eigenvalue weighted by Crippen LogP contribution is 1.96. The van der Waals surface area contributed by atoms with Crippen LogP contribution in [0.5, 0.6) is 0 Å². The van der Waals surface area contributed by atoms with E-state index in [2.05, 4.69) is 5.32 Å². The quantitative estimate of drug-likeness (QED) is 0.495. The molecule has 1 atom stereocenters. The van der Waals surface area contributed by atoms with Crippen molar-refractivity contribution in [1.29, 1.82) is 0 Å². The van der Waals surface area contributed by atoms with Gasteiger partial charge in [-0.3, -0.25) is 4.79 Å². The van der Waals surface area contributed by atoms with E-state index in [-0.39, 0.29) is 25.2 Å². The molecule has 0 aromatic carbocycles. The van der Waals surface area contributed by atoms with Crippen molar-refractivity contribution in [3.05, 3.63) is 0 Å². The van der Waals surface area contributed by atoms with E-state index in [4.69, 9.17) is 10.2 Å². The van der Waals surface area contributed by atoms with E-state index in [1.165, 1.54) is 0 Å². The van der Waals surface area contributed by atoms with Gasteiger partial charge in [0.15, 0.2) is 0 Å².